The number of furan rings is 1. The van der Waals surface area contributed by atoms with E-state index in [1.807, 2.05) is 34.1 Å². The molecule has 3 heterocycles. The lowest BCUT2D eigenvalue weighted by molar-refractivity contribution is 0.0954. The van der Waals surface area contributed by atoms with Crippen molar-refractivity contribution < 1.29 is 9.21 Å². The Hall–Kier alpha value is -2.67. The molecule has 0 aliphatic heterocycles. The van der Waals surface area contributed by atoms with E-state index in [4.69, 9.17) is 4.42 Å². The molecular weight excluding hydrogens is 318 g/mol. The van der Waals surface area contributed by atoms with Gasteiger partial charge in [0.25, 0.3) is 5.91 Å². The van der Waals surface area contributed by atoms with Gasteiger partial charge in [-0.05, 0) is 52.2 Å². The zero-order chi connectivity index (χ0) is 18.0. The van der Waals surface area contributed by atoms with Crippen LogP contribution in [0.5, 0.6) is 0 Å². The van der Waals surface area contributed by atoms with Crippen molar-refractivity contribution in [1.29, 1.82) is 0 Å². The van der Waals surface area contributed by atoms with Crippen molar-refractivity contribution in [3.8, 4) is 11.5 Å². The maximum atomic E-state index is 12.8. The molecule has 0 atom stereocenters. The summed E-state index contributed by atoms with van der Waals surface area (Å²) in [6.07, 6.45) is 2.49. The number of rotatable bonds is 6. The molecule has 0 saturated carbocycles. The van der Waals surface area contributed by atoms with Crippen LogP contribution in [0.4, 0.5) is 0 Å². The van der Waals surface area contributed by atoms with Gasteiger partial charge < -0.3 is 14.6 Å². The molecule has 1 N–H and O–H groups in total. The highest BCUT2D eigenvalue weighted by molar-refractivity contribution is 6.07. The van der Waals surface area contributed by atoms with Crippen molar-refractivity contribution in [3.05, 3.63) is 35.7 Å². The van der Waals surface area contributed by atoms with E-state index in [9.17, 15) is 4.79 Å². The van der Waals surface area contributed by atoms with Crippen molar-refractivity contribution in [3.63, 3.8) is 0 Å². The number of aromatic nitrogens is 3. The average Bonchev–Trinajstić information content (AvgIpc) is 3.19. The Kier molecular flexibility index (Phi) is 4.85. The molecule has 3 rings (SSSR count). The Morgan fingerprint density at radius 3 is 2.88 bits per heavy atom. The first-order valence-corrected chi connectivity index (χ1v) is 8.28. The summed E-state index contributed by atoms with van der Waals surface area (Å²) in [5.41, 5.74) is 2.66. The van der Waals surface area contributed by atoms with Gasteiger partial charge in [0.2, 0.25) is 0 Å². The summed E-state index contributed by atoms with van der Waals surface area (Å²) in [5.74, 6) is 0.512. The van der Waals surface area contributed by atoms with Crippen molar-refractivity contribution in [2.45, 2.75) is 13.3 Å². The normalized spacial score (nSPS) is 11.4. The number of aryl methyl sites for hydroxylation is 2. The molecule has 25 heavy (non-hydrogen) atoms. The smallest absolute Gasteiger partial charge is 0.252 e. The van der Waals surface area contributed by atoms with Gasteiger partial charge in [-0.15, -0.1) is 0 Å². The lowest BCUT2D eigenvalue weighted by Crippen LogP contribution is -2.27. The Balaban J connectivity index is 1.96. The first kappa shape index (κ1) is 17.2. The predicted molar refractivity (Wildman–Crippen MR) is 96.5 cm³/mol. The molecule has 0 aliphatic carbocycles. The van der Waals surface area contributed by atoms with Gasteiger partial charge in [0.05, 0.1) is 22.9 Å². The monoisotopic (exact) mass is 341 g/mol. The van der Waals surface area contributed by atoms with Crippen molar-refractivity contribution >= 4 is 16.9 Å². The minimum atomic E-state index is -0.116. The van der Waals surface area contributed by atoms with Crippen LogP contribution < -0.4 is 5.32 Å². The van der Waals surface area contributed by atoms with Gasteiger partial charge in [-0.25, -0.2) is 4.98 Å². The van der Waals surface area contributed by atoms with Gasteiger partial charge in [-0.2, -0.15) is 5.10 Å². The van der Waals surface area contributed by atoms with E-state index in [0.717, 1.165) is 24.0 Å². The highest BCUT2D eigenvalue weighted by Gasteiger charge is 2.19. The number of pyridine rings is 1. The topological polar surface area (TPSA) is 76.2 Å². The Morgan fingerprint density at radius 2 is 2.20 bits per heavy atom. The summed E-state index contributed by atoms with van der Waals surface area (Å²) in [6.45, 7) is 3.44. The van der Waals surface area contributed by atoms with E-state index in [1.54, 1.807) is 23.1 Å². The fraction of sp³-hybridized carbons (Fsp3) is 0.389. The molecule has 0 spiro atoms. The molecule has 0 aromatic carbocycles. The third kappa shape index (κ3) is 3.56. The summed E-state index contributed by atoms with van der Waals surface area (Å²) in [7, 11) is 5.86. The van der Waals surface area contributed by atoms with Crippen LogP contribution in [0, 0.1) is 6.92 Å². The second kappa shape index (κ2) is 7.06. The van der Waals surface area contributed by atoms with Gasteiger partial charge in [-0.3, -0.25) is 9.48 Å². The first-order valence-electron chi connectivity index (χ1n) is 8.28. The predicted octanol–water partition coefficient (Wildman–Crippen LogP) is 2.22. The molecule has 0 aliphatic rings. The van der Waals surface area contributed by atoms with Gasteiger partial charge >= 0.3 is 0 Å². The van der Waals surface area contributed by atoms with Crippen LogP contribution in [0.25, 0.3) is 22.5 Å². The lowest BCUT2D eigenvalue weighted by Gasteiger charge is -2.11. The standard InChI is InChI=1S/C18H23N5O2/c1-12-16-13(18(24)19-8-6-9-22(2)3)11-14(15-7-5-10-25-15)20-17(16)23(4)21-12/h5,7,10-11H,6,8-9H2,1-4H3,(H,19,24). The fourth-order valence-electron chi connectivity index (χ4n) is 2.87. The molecule has 3 aromatic rings. The van der Waals surface area contributed by atoms with Crippen LogP contribution in [0.3, 0.4) is 0 Å². The van der Waals surface area contributed by atoms with E-state index in [0.29, 0.717) is 29.2 Å². The molecule has 3 aromatic heterocycles. The molecule has 0 fully saturated rings. The number of hydrogen-bond acceptors (Lipinski definition) is 5. The van der Waals surface area contributed by atoms with Crippen LogP contribution >= 0.6 is 0 Å². The molecule has 1 amide bonds. The number of nitrogens with one attached hydrogen (secondary N) is 1. The fourth-order valence-corrected chi connectivity index (χ4v) is 2.87. The maximum Gasteiger partial charge on any atom is 0.252 e. The SMILES string of the molecule is Cc1nn(C)c2nc(-c3ccco3)cc(C(=O)NCCCN(C)C)c12. The maximum absolute atomic E-state index is 12.8. The second-order valence-corrected chi connectivity index (χ2v) is 6.35. The second-order valence-electron chi connectivity index (χ2n) is 6.35. The molecule has 0 unspecified atom stereocenters. The zero-order valence-electron chi connectivity index (χ0n) is 15.0. The molecule has 0 saturated heterocycles. The first-order chi connectivity index (χ1) is 12.0. The number of hydrogen-bond donors (Lipinski definition) is 1. The summed E-state index contributed by atoms with van der Waals surface area (Å²) < 4.78 is 7.14. The highest BCUT2D eigenvalue weighted by atomic mass is 16.3. The summed E-state index contributed by atoms with van der Waals surface area (Å²) in [4.78, 5) is 19.5. The van der Waals surface area contributed by atoms with Crippen molar-refractivity contribution in [2.24, 2.45) is 7.05 Å². The summed E-state index contributed by atoms with van der Waals surface area (Å²) >= 11 is 0. The van der Waals surface area contributed by atoms with Crippen LogP contribution in [0.2, 0.25) is 0 Å². The average molecular weight is 341 g/mol. The molecule has 7 heteroatoms. The minimum absolute atomic E-state index is 0.116. The Morgan fingerprint density at radius 1 is 1.40 bits per heavy atom. The van der Waals surface area contributed by atoms with Crippen LogP contribution in [-0.4, -0.2) is 52.8 Å². The number of carbonyl (C=O) groups is 1. The zero-order valence-corrected chi connectivity index (χ0v) is 15.0. The van der Waals surface area contributed by atoms with Gasteiger partial charge in [0, 0.05) is 13.6 Å². The van der Waals surface area contributed by atoms with Crippen molar-refractivity contribution in [1.82, 2.24) is 25.0 Å². The third-order valence-electron chi connectivity index (χ3n) is 4.05. The van der Waals surface area contributed by atoms with Crippen LogP contribution in [-0.2, 0) is 7.05 Å². The number of fused-ring (bicyclic) bond motifs is 1. The van der Waals surface area contributed by atoms with Gasteiger partial charge in [0.1, 0.15) is 5.69 Å². The number of amides is 1. The third-order valence-corrected chi connectivity index (χ3v) is 4.05. The highest BCUT2D eigenvalue weighted by Crippen LogP contribution is 2.27. The lowest BCUT2D eigenvalue weighted by atomic mass is 10.1. The minimum Gasteiger partial charge on any atom is -0.463 e. The molecule has 0 bridgehead atoms. The van der Waals surface area contributed by atoms with Crippen LogP contribution in [0.15, 0.2) is 28.9 Å². The number of nitrogens with zero attached hydrogens (tertiary/aromatic N) is 4. The Labute approximate surface area is 146 Å². The summed E-state index contributed by atoms with van der Waals surface area (Å²) in [5, 5.41) is 8.19. The van der Waals surface area contributed by atoms with Gasteiger partial charge in [0.15, 0.2) is 11.4 Å². The van der Waals surface area contributed by atoms with E-state index < -0.39 is 0 Å². The Bertz CT molecular complexity index is 881. The molecule has 0 radical (unpaired) electrons. The molecular formula is C18H23N5O2. The molecule has 7 nitrogen and oxygen atoms in total. The van der Waals surface area contributed by atoms with Gasteiger partial charge in [-0.1, -0.05) is 0 Å². The van der Waals surface area contributed by atoms with E-state index >= 15 is 0 Å². The van der Waals surface area contributed by atoms with Crippen molar-refractivity contribution in [2.75, 3.05) is 27.2 Å². The van der Waals surface area contributed by atoms with Crippen LogP contribution in [0.1, 0.15) is 22.5 Å². The summed E-state index contributed by atoms with van der Waals surface area (Å²) in [6, 6.07) is 5.41. The number of carbonyl (C=O) groups excluding carboxylic acids is 1. The van der Waals surface area contributed by atoms with E-state index in [2.05, 4.69) is 20.3 Å². The molecule has 132 valence electrons. The van der Waals surface area contributed by atoms with E-state index in [1.165, 1.54) is 0 Å². The largest absolute Gasteiger partial charge is 0.463 e. The quantitative estimate of drug-likeness (QED) is 0.696. The van der Waals surface area contributed by atoms with E-state index in [-0.39, 0.29) is 5.91 Å².